The zero-order valence-electron chi connectivity index (χ0n) is 12.4. The van der Waals surface area contributed by atoms with Gasteiger partial charge >= 0.3 is 11.9 Å². The van der Waals surface area contributed by atoms with E-state index in [4.69, 9.17) is 18.9 Å². The monoisotopic (exact) mass is 300 g/mol. The van der Waals surface area contributed by atoms with Crippen molar-refractivity contribution in [3.8, 4) is 0 Å². The predicted molar refractivity (Wildman–Crippen MR) is 73.7 cm³/mol. The van der Waals surface area contributed by atoms with Crippen molar-refractivity contribution in [3.63, 3.8) is 0 Å². The second-order valence-electron chi connectivity index (χ2n) is 5.46. The van der Waals surface area contributed by atoms with Gasteiger partial charge in [0, 0.05) is 38.9 Å². The Balaban J connectivity index is 1.32. The highest BCUT2D eigenvalue weighted by Gasteiger charge is 2.23. The van der Waals surface area contributed by atoms with Crippen LogP contribution >= 0.6 is 0 Å². The van der Waals surface area contributed by atoms with Crippen LogP contribution in [-0.2, 0) is 28.5 Å². The van der Waals surface area contributed by atoms with Crippen LogP contribution in [0.3, 0.4) is 0 Å². The van der Waals surface area contributed by atoms with Crippen molar-refractivity contribution in [3.05, 3.63) is 0 Å². The standard InChI is InChI=1S/C15H24O6/c16-14-4-2-12(20-14)6-10-18-8-1-9-19-11-7-13-3-5-15(17)21-13/h12-13H,1-11H2. The molecule has 0 radical (unpaired) electrons. The number of esters is 2. The van der Waals surface area contributed by atoms with Gasteiger partial charge in [0.05, 0.1) is 13.2 Å². The first-order valence-electron chi connectivity index (χ1n) is 7.78. The predicted octanol–water partition coefficient (Wildman–Crippen LogP) is 1.60. The zero-order valence-corrected chi connectivity index (χ0v) is 12.4. The minimum atomic E-state index is -0.0960. The molecule has 2 fully saturated rings. The molecule has 2 rings (SSSR count). The first-order chi connectivity index (χ1) is 10.2. The molecule has 0 amide bonds. The Morgan fingerprint density at radius 3 is 1.67 bits per heavy atom. The highest BCUT2D eigenvalue weighted by Crippen LogP contribution is 2.17. The van der Waals surface area contributed by atoms with E-state index in [1.165, 1.54) is 0 Å². The van der Waals surface area contributed by atoms with E-state index in [0.29, 0.717) is 39.3 Å². The number of cyclic esters (lactones) is 2. The lowest BCUT2D eigenvalue weighted by molar-refractivity contribution is -0.142. The Morgan fingerprint density at radius 2 is 1.29 bits per heavy atom. The molecule has 6 nitrogen and oxygen atoms in total. The lowest BCUT2D eigenvalue weighted by atomic mass is 10.2. The Kier molecular flexibility index (Phi) is 6.95. The number of ether oxygens (including phenoxy) is 4. The summed E-state index contributed by atoms with van der Waals surface area (Å²) in [6.07, 6.45) is 5.19. The van der Waals surface area contributed by atoms with E-state index in [9.17, 15) is 9.59 Å². The molecule has 6 heteroatoms. The van der Waals surface area contributed by atoms with E-state index in [1.807, 2.05) is 0 Å². The van der Waals surface area contributed by atoms with E-state index in [2.05, 4.69) is 0 Å². The summed E-state index contributed by atoms with van der Waals surface area (Å²) in [6, 6.07) is 0. The van der Waals surface area contributed by atoms with Gasteiger partial charge in [-0.1, -0.05) is 0 Å². The van der Waals surface area contributed by atoms with Gasteiger partial charge in [0.1, 0.15) is 12.2 Å². The summed E-state index contributed by atoms with van der Waals surface area (Å²) in [6.45, 7) is 2.55. The van der Waals surface area contributed by atoms with Gasteiger partial charge in [-0.15, -0.1) is 0 Å². The number of carbonyl (C=O) groups is 2. The molecule has 2 heterocycles. The molecule has 0 aliphatic carbocycles. The molecule has 0 bridgehead atoms. The normalized spacial score (nSPS) is 25.1. The summed E-state index contributed by atoms with van der Waals surface area (Å²) >= 11 is 0. The van der Waals surface area contributed by atoms with Gasteiger partial charge in [0.2, 0.25) is 0 Å². The highest BCUT2D eigenvalue weighted by molar-refractivity contribution is 5.71. The highest BCUT2D eigenvalue weighted by atomic mass is 16.6. The molecule has 0 spiro atoms. The number of hydrogen-bond acceptors (Lipinski definition) is 6. The first kappa shape index (κ1) is 16.2. The molecule has 120 valence electrons. The molecule has 2 aliphatic heterocycles. The van der Waals surface area contributed by atoms with Crippen LogP contribution in [0, 0.1) is 0 Å². The van der Waals surface area contributed by atoms with Gasteiger partial charge in [-0.3, -0.25) is 9.59 Å². The second kappa shape index (κ2) is 9.00. The average Bonchev–Trinajstić information content (AvgIpc) is 3.06. The molecule has 2 saturated heterocycles. The quantitative estimate of drug-likeness (QED) is 0.451. The first-order valence-corrected chi connectivity index (χ1v) is 7.78. The topological polar surface area (TPSA) is 71.1 Å². The van der Waals surface area contributed by atoms with Crippen LogP contribution in [0.25, 0.3) is 0 Å². The van der Waals surface area contributed by atoms with Gasteiger partial charge in [-0.25, -0.2) is 0 Å². The fourth-order valence-corrected chi connectivity index (χ4v) is 2.47. The van der Waals surface area contributed by atoms with E-state index >= 15 is 0 Å². The Hall–Kier alpha value is -1.14. The molecule has 0 N–H and O–H groups in total. The van der Waals surface area contributed by atoms with Crippen LogP contribution in [0.5, 0.6) is 0 Å². The van der Waals surface area contributed by atoms with Gasteiger partial charge in [-0.2, -0.15) is 0 Å². The third-order valence-corrected chi connectivity index (χ3v) is 3.68. The Bertz CT molecular complexity index is 311. The number of rotatable bonds is 10. The van der Waals surface area contributed by atoms with E-state index in [0.717, 1.165) is 32.1 Å². The smallest absolute Gasteiger partial charge is 0.306 e. The molecular weight excluding hydrogens is 276 g/mol. The maximum Gasteiger partial charge on any atom is 0.306 e. The zero-order chi connectivity index (χ0) is 14.9. The average molecular weight is 300 g/mol. The van der Waals surface area contributed by atoms with Crippen molar-refractivity contribution < 1.29 is 28.5 Å². The van der Waals surface area contributed by atoms with Crippen LogP contribution in [0.2, 0.25) is 0 Å². The van der Waals surface area contributed by atoms with Crippen LogP contribution in [0.4, 0.5) is 0 Å². The van der Waals surface area contributed by atoms with Crippen molar-refractivity contribution in [2.24, 2.45) is 0 Å². The summed E-state index contributed by atoms with van der Waals surface area (Å²) < 4.78 is 21.2. The summed E-state index contributed by atoms with van der Waals surface area (Å²) in [5.41, 5.74) is 0. The van der Waals surface area contributed by atoms with Crippen LogP contribution in [0.1, 0.15) is 44.9 Å². The van der Waals surface area contributed by atoms with Crippen molar-refractivity contribution in [1.82, 2.24) is 0 Å². The van der Waals surface area contributed by atoms with Crippen molar-refractivity contribution in [1.29, 1.82) is 0 Å². The maximum absolute atomic E-state index is 10.9. The SMILES string of the molecule is O=C1CCC(CCOCCCOCCC2CCC(=O)O2)O1. The van der Waals surface area contributed by atoms with E-state index in [-0.39, 0.29) is 24.1 Å². The third-order valence-electron chi connectivity index (χ3n) is 3.68. The lowest BCUT2D eigenvalue weighted by Crippen LogP contribution is -2.12. The molecular formula is C15H24O6. The minimum Gasteiger partial charge on any atom is -0.462 e. The van der Waals surface area contributed by atoms with Crippen LogP contribution in [-0.4, -0.2) is 50.6 Å². The van der Waals surface area contributed by atoms with Crippen LogP contribution < -0.4 is 0 Å². The fraction of sp³-hybridized carbons (Fsp3) is 0.867. The number of hydrogen-bond donors (Lipinski definition) is 0. The Morgan fingerprint density at radius 1 is 0.810 bits per heavy atom. The molecule has 0 aromatic heterocycles. The van der Waals surface area contributed by atoms with Crippen molar-refractivity contribution >= 4 is 11.9 Å². The van der Waals surface area contributed by atoms with Gasteiger partial charge in [0.25, 0.3) is 0 Å². The molecule has 2 unspecified atom stereocenters. The van der Waals surface area contributed by atoms with Gasteiger partial charge in [-0.05, 0) is 19.3 Å². The summed E-state index contributed by atoms with van der Waals surface area (Å²) in [5.74, 6) is -0.192. The fourth-order valence-electron chi connectivity index (χ4n) is 2.47. The molecule has 2 atom stereocenters. The van der Waals surface area contributed by atoms with Gasteiger partial charge in [0.15, 0.2) is 0 Å². The molecule has 2 aliphatic rings. The van der Waals surface area contributed by atoms with Crippen LogP contribution in [0.15, 0.2) is 0 Å². The molecule has 0 saturated carbocycles. The van der Waals surface area contributed by atoms with E-state index in [1.54, 1.807) is 0 Å². The summed E-state index contributed by atoms with van der Waals surface area (Å²) in [7, 11) is 0. The minimum absolute atomic E-state index is 0.0443. The second-order valence-corrected chi connectivity index (χ2v) is 5.46. The van der Waals surface area contributed by atoms with Crippen molar-refractivity contribution in [2.45, 2.75) is 57.2 Å². The summed E-state index contributed by atoms with van der Waals surface area (Å²) in [4.78, 5) is 21.8. The summed E-state index contributed by atoms with van der Waals surface area (Å²) in [5, 5.41) is 0. The lowest BCUT2D eigenvalue weighted by Gasteiger charge is -2.10. The Labute approximate surface area is 125 Å². The van der Waals surface area contributed by atoms with E-state index < -0.39 is 0 Å². The number of carbonyl (C=O) groups excluding carboxylic acids is 2. The third kappa shape index (κ3) is 6.44. The molecule has 0 aromatic rings. The molecule has 0 aromatic carbocycles. The maximum atomic E-state index is 10.9. The molecule has 21 heavy (non-hydrogen) atoms. The largest absolute Gasteiger partial charge is 0.462 e. The van der Waals surface area contributed by atoms with Gasteiger partial charge < -0.3 is 18.9 Å². The van der Waals surface area contributed by atoms with Crippen molar-refractivity contribution in [2.75, 3.05) is 26.4 Å².